The van der Waals surface area contributed by atoms with Crippen molar-refractivity contribution < 1.29 is 14.3 Å². The summed E-state index contributed by atoms with van der Waals surface area (Å²) in [6.07, 6.45) is 0. The maximum absolute atomic E-state index is 16.4. The highest BCUT2D eigenvalue weighted by Gasteiger charge is 2.71. The van der Waals surface area contributed by atoms with Crippen LogP contribution in [0.1, 0.15) is 29.7 Å². The number of halogens is 1. The Kier molecular flexibility index (Phi) is 4.52. The number of aliphatic hydroxyl groups is 1. The van der Waals surface area contributed by atoms with Crippen molar-refractivity contribution in [3.05, 3.63) is 108 Å². The predicted octanol–water partition coefficient (Wildman–Crippen LogP) is 4.39. The smallest absolute Gasteiger partial charge is 0.267 e. The molecule has 3 atom stereocenters. The molecule has 1 amide bonds. The zero-order valence-corrected chi connectivity index (χ0v) is 15.6. The summed E-state index contributed by atoms with van der Waals surface area (Å²) in [4.78, 5) is 14.6. The van der Waals surface area contributed by atoms with E-state index in [0.29, 0.717) is 11.1 Å². The van der Waals surface area contributed by atoms with E-state index in [4.69, 9.17) is 0 Å². The number of carbonyl (C=O) groups excluding carboxylic acids is 1. The van der Waals surface area contributed by atoms with Crippen LogP contribution in [0, 0.1) is 0 Å². The molecule has 1 fully saturated rings. The quantitative estimate of drug-likeness (QED) is 0.672. The van der Waals surface area contributed by atoms with Crippen LogP contribution in [0.15, 0.2) is 91.0 Å². The van der Waals surface area contributed by atoms with Gasteiger partial charge in [-0.15, -0.1) is 0 Å². The zero-order chi connectivity index (χ0) is 19.8. The highest BCUT2D eigenvalue weighted by molar-refractivity contribution is 5.95. The first-order valence-electron chi connectivity index (χ1n) is 9.33. The van der Waals surface area contributed by atoms with Gasteiger partial charge in [0.25, 0.3) is 5.91 Å². The molecule has 0 radical (unpaired) electrons. The molecule has 0 saturated carbocycles. The highest BCUT2D eigenvalue weighted by Crippen LogP contribution is 2.55. The highest BCUT2D eigenvalue weighted by atomic mass is 19.1. The van der Waals surface area contributed by atoms with Gasteiger partial charge in [0, 0.05) is 6.54 Å². The second kappa shape index (κ2) is 6.88. The van der Waals surface area contributed by atoms with Gasteiger partial charge in [-0.2, -0.15) is 0 Å². The number of likely N-dealkylation sites (tertiary alicyclic amines) is 1. The third-order valence-electron chi connectivity index (χ3n) is 5.62. The second-order valence-electron chi connectivity index (χ2n) is 7.38. The maximum Gasteiger partial charge on any atom is 0.267 e. The van der Waals surface area contributed by atoms with Gasteiger partial charge in [0.15, 0.2) is 0 Å². The molecule has 1 N–H and O–H groups in total. The summed E-state index contributed by atoms with van der Waals surface area (Å²) in [5.41, 5.74) is -2.45. The minimum atomic E-state index is -2.45. The topological polar surface area (TPSA) is 40.5 Å². The Balaban J connectivity index is 1.77. The molecule has 0 aliphatic carbocycles. The van der Waals surface area contributed by atoms with Crippen LogP contribution in [0.25, 0.3) is 0 Å². The molecule has 1 aliphatic rings. The van der Waals surface area contributed by atoms with E-state index in [2.05, 4.69) is 0 Å². The zero-order valence-electron chi connectivity index (χ0n) is 15.6. The van der Waals surface area contributed by atoms with Gasteiger partial charge in [-0.3, -0.25) is 4.79 Å². The van der Waals surface area contributed by atoms with E-state index in [1.54, 1.807) is 42.5 Å². The monoisotopic (exact) mass is 375 g/mol. The molecular formula is C24H22FNO2. The normalized spacial score (nSPS) is 23.8. The Morgan fingerprint density at radius 3 is 2.00 bits per heavy atom. The molecule has 0 bridgehead atoms. The van der Waals surface area contributed by atoms with E-state index in [1.165, 1.54) is 11.8 Å². The van der Waals surface area contributed by atoms with E-state index in [0.717, 1.165) is 5.56 Å². The summed E-state index contributed by atoms with van der Waals surface area (Å²) in [5.74, 6) is -0.695. The lowest BCUT2D eigenvalue weighted by Crippen LogP contribution is -2.73. The molecule has 3 nitrogen and oxygen atoms in total. The van der Waals surface area contributed by atoms with Crippen molar-refractivity contribution in [2.45, 2.75) is 30.8 Å². The summed E-state index contributed by atoms with van der Waals surface area (Å²) in [6, 6.07) is 26.2. The fourth-order valence-electron chi connectivity index (χ4n) is 4.03. The molecule has 1 saturated heterocycles. The average Bonchev–Trinajstić information content (AvgIpc) is 2.75. The van der Waals surface area contributed by atoms with Gasteiger partial charge >= 0.3 is 0 Å². The van der Waals surface area contributed by atoms with E-state index in [-0.39, 0.29) is 6.54 Å². The Hall–Kier alpha value is -2.98. The molecule has 3 aromatic carbocycles. The number of carbonyl (C=O) groups is 1. The Labute approximate surface area is 164 Å². The lowest BCUT2D eigenvalue weighted by molar-refractivity contribution is -0.219. The Morgan fingerprint density at radius 1 is 0.929 bits per heavy atom. The van der Waals surface area contributed by atoms with Crippen LogP contribution < -0.4 is 0 Å². The van der Waals surface area contributed by atoms with Crippen molar-refractivity contribution in [2.24, 2.45) is 0 Å². The van der Waals surface area contributed by atoms with Gasteiger partial charge < -0.3 is 10.0 Å². The first-order valence-corrected chi connectivity index (χ1v) is 9.33. The fraction of sp³-hybridized carbons (Fsp3) is 0.208. The molecule has 1 heterocycles. The van der Waals surface area contributed by atoms with Gasteiger partial charge in [0.1, 0.15) is 11.6 Å². The summed E-state index contributed by atoms with van der Waals surface area (Å²) < 4.78 is 16.4. The Bertz CT molecular complexity index is 960. The molecule has 4 rings (SSSR count). The number of hydrogen-bond acceptors (Lipinski definition) is 2. The van der Waals surface area contributed by atoms with Gasteiger partial charge in [-0.05, 0) is 23.6 Å². The molecular weight excluding hydrogens is 353 g/mol. The van der Waals surface area contributed by atoms with Crippen molar-refractivity contribution in [3.8, 4) is 0 Å². The van der Waals surface area contributed by atoms with Crippen molar-refractivity contribution in [2.75, 3.05) is 0 Å². The van der Waals surface area contributed by atoms with Crippen molar-refractivity contribution in [3.63, 3.8) is 0 Å². The number of β-lactam (4-membered cyclic amide) rings is 1. The van der Waals surface area contributed by atoms with Crippen LogP contribution in [0.5, 0.6) is 0 Å². The second-order valence-corrected chi connectivity index (χ2v) is 7.38. The van der Waals surface area contributed by atoms with Gasteiger partial charge in [-0.25, -0.2) is 4.39 Å². The van der Waals surface area contributed by atoms with E-state index in [9.17, 15) is 9.90 Å². The lowest BCUT2D eigenvalue weighted by Gasteiger charge is -2.56. The summed E-state index contributed by atoms with van der Waals surface area (Å²) in [5, 5.41) is 11.2. The first kappa shape index (κ1) is 18.4. The SMILES string of the molecule is CC(O)(c1ccccc1)[C@]1(F)C(=O)N(Cc2ccccc2)[C@H]1c1ccccc1. The molecule has 0 aromatic heterocycles. The van der Waals surface area contributed by atoms with Crippen molar-refractivity contribution >= 4 is 5.91 Å². The van der Waals surface area contributed by atoms with Gasteiger partial charge in [-0.1, -0.05) is 91.0 Å². The number of nitrogens with zero attached hydrogens (tertiary/aromatic N) is 1. The lowest BCUT2D eigenvalue weighted by atomic mass is 9.66. The summed E-state index contributed by atoms with van der Waals surface area (Å²) in [6.45, 7) is 1.67. The number of benzene rings is 3. The van der Waals surface area contributed by atoms with Crippen LogP contribution in [-0.2, 0) is 16.9 Å². The molecule has 1 unspecified atom stereocenters. The predicted molar refractivity (Wildman–Crippen MR) is 106 cm³/mol. The molecule has 3 aromatic rings. The Morgan fingerprint density at radius 2 is 1.43 bits per heavy atom. The summed E-state index contributed by atoms with van der Waals surface area (Å²) in [7, 11) is 0. The van der Waals surface area contributed by atoms with E-state index < -0.39 is 23.2 Å². The van der Waals surface area contributed by atoms with Crippen LogP contribution in [0.4, 0.5) is 4.39 Å². The van der Waals surface area contributed by atoms with E-state index in [1.807, 2.05) is 48.5 Å². The van der Waals surface area contributed by atoms with Crippen molar-refractivity contribution in [1.29, 1.82) is 0 Å². The minimum absolute atomic E-state index is 0.287. The largest absolute Gasteiger partial charge is 0.381 e. The minimum Gasteiger partial charge on any atom is -0.381 e. The molecule has 28 heavy (non-hydrogen) atoms. The fourth-order valence-corrected chi connectivity index (χ4v) is 4.03. The van der Waals surface area contributed by atoms with Gasteiger partial charge in [0.2, 0.25) is 5.67 Å². The molecule has 0 spiro atoms. The molecule has 4 heteroatoms. The standard InChI is InChI=1S/C24H22FNO2/c1-23(28,20-15-9-4-10-16-20)24(25)21(19-13-7-3-8-14-19)26(22(24)27)17-18-11-5-2-6-12-18/h2-16,21,28H,17H2,1H3/t21-,23?,24+/m0/s1. The molecule has 142 valence electrons. The third-order valence-corrected chi connectivity index (χ3v) is 5.62. The average molecular weight is 375 g/mol. The number of rotatable bonds is 5. The maximum atomic E-state index is 16.4. The van der Waals surface area contributed by atoms with Crippen LogP contribution in [0.2, 0.25) is 0 Å². The van der Waals surface area contributed by atoms with Crippen LogP contribution >= 0.6 is 0 Å². The molecule has 1 aliphatic heterocycles. The number of hydrogen-bond donors (Lipinski definition) is 1. The summed E-state index contributed by atoms with van der Waals surface area (Å²) >= 11 is 0. The van der Waals surface area contributed by atoms with Gasteiger partial charge in [0.05, 0.1) is 0 Å². The number of amides is 1. The number of alkyl halides is 1. The van der Waals surface area contributed by atoms with Crippen LogP contribution in [-0.4, -0.2) is 21.6 Å². The van der Waals surface area contributed by atoms with Crippen molar-refractivity contribution in [1.82, 2.24) is 4.90 Å². The van der Waals surface area contributed by atoms with E-state index >= 15 is 4.39 Å². The third kappa shape index (κ3) is 2.72. The van der Waals surface area contributed by atoms with Crippen LogP contribution in [0.3, 0.4) is 0 Å². The first-order chi connectivity index (χ1) is 13.5.